The van der Waals surface area contributed by atoms with Crippen LogP contribution < -0.4 is 17.2 Å². The van der Waals surface area contributed by atoms with E-state index in [9.17, 15) is 4.79 Å². The number of furan rings is 1. The average Bonchev–Trinajstić information content (AvgIpc) is 2.71. The molecule has 0 bridgehead atoms. The molecule has 7 heteroatoms. The monoisotopic (exact) mass is 294 g/mol. The molecule has 1 aromatic heterocycles. The van der Waals surface area contributed by atoms with Crippen molar-refractivity contribution in [3.63, 3.8) is 0 Å². The van der Waals surface area contributed by atoms with Crippen molar-refractivity contribution in [1.82, 2.24) is 0 Å². The van der Waals surface area contributed by atoms with Gasteiger partial charge < -0.3 is 21.6 Å². The predicted molar refractivity (Wildman–Crippen MR) is 80.7 cm³/mol. The van der Waals surface area contributed by atoms with E-state index < -0.39 is 5.91 Å². The molecule has 0 saturated carbocycles. The summed E-state index contributed by atoms with van der Waals surface area (Å²) < 4.78 is 5.45. The van der Waals surface area contributed by atoms with Gasteiger partial charge in [-0.1, -0.05) is 24.3 Å². The topological polar surface area (TPSA) is 121 Å². The number of carbonyl (C=O) groups is 1. The van der Waals surface area contributed by atoms with Gasteiger partial charge in [-0.2, -0.15) is 4.99 Å². The highest BCUT2D eigenvalue weighted by atomic mass is 35.5. The summed E-state index contributed by atoms with van der Waals surface area (Å²) in [5, 5.41) is 0. The molecule has 6 nitrogen and oxygen atoms in total. The molecule has 2 aromatic rings. The molecule has 6 N–H and O–H groups in total. The zero-order chi connectivity index (χ0) is 14.0. The molecule has 0 spiro atoms. The SMILES string of the molecule is Cc1ccccc1-c1cc(N)c(C(=O)N=C(N)N)o1.Cl. The van der Waals surface area contributed by atoms with Gasteiger partial charge in [-0.15, -0.1) is 12.4 Å². The fourth-order valence-electron chi connectivity index (χ4n) is 1.72. The van der Waals surface area contributed by atoms with E-state index in [-0.39, 0.29) is 29.8 Å². The fraction of sp³-hybridized carbons (Fsp3) is 0.0769. The van der Waals surface area contributed by atoms with Crippen molar-refractivity contribution < 1.29 is 9.21 Å². The molecule has 2 rings (SSSR count). The van der Waals surface area contributed by atoms with Crippen molar-refractivity contribution in [3.05, 3.63) is 41.7 Å². The number of hydrogen-bond acceptors (Lipinski definition) is 3. The Morgan fingerprint density at radius 2 is 1.90 bits per heavy atom. The molecule has 0 aliphatic carbocycles. The van der Waals surface area contributed by atoms with Crippen LogP contribution in [0.1, 0.15) is 16.1 Å². The zero-order valence-corrected chi connectivity index (χ0v) is 11.6. The van der Waals surface area contributed by atoms with E-state index in [1.807, 2.05) is 31.2 Å². The lowest BCUT2D eigenvalue weighted by atomic mass is 10.1. The third-order valence-electron chi connectivity index (χ3n) is 2.60. The first kappa shape index (κ1) is 15.6. The third kappa shape index (κ3) is 3.10. The number of guanidine groups is 1. The normalized spacial score (nSPS) is 9.65. The second kappa shape index (κ2) is 6.12. The number of hydrogen-bond donors (Lipinski definition) is 3. The van der Waals surface area contributed by atoms with Gasteiger partial charge in [-0.3, -0.25) is 4.79 Å². The van der Waals surface area contributed by atoms with Crippen molar-refractivity contribution in [2.24, 2.45) is 16.5 Å². The number of aryl methyl sites for hydroxylation is 1. The summed E-state index contributed by atoms with van der Waals surface area (Å²) in [5.74, 6) is -0.591. The van der Waals surface area contributed by atoms with Gasteiger partial charge in [-0.05, 0) is 12.5 Å². The minimum Gasteiger partial charge on any atom is -0.449 e. The maximum Gasteiger partial charge on any atom is 0.318 e. The number of aliphatic imine (C=N–C) groups is 1. The Hall–Kier alpha value is -2.47. The van der Waals surface area contributed by atoms with Crippen LogP contribution in [0, 0.1) is 6.92 Å². The maximum absolute atomic E-state index is 11.7. The fourth-order valence-corrected chi connectivity index (χ4v) is 1.72. The first-order valence-corrected chi connectivity index (χ1v) is 5.58. The minimum atomic E-state index is -0.697. The van der Waals surface area contributed by atoms with Gasteiger partial charge in [0.25, 0.3) is 0 Å². The Kier molecular flexibility index (Phi) is 4.77. The van der Waals surface area contributed by atoms with Crippen LogP contribution in [-0.4, -0.2) is 11.9 Å². The summed E-state index contributed by atoms with van der Waals surface area (Å²) in [6.45, 7) is 1.94. The molecule has 106 valence electrons. The van der Waals surface area contributed by atoms with Crippen LogP contribution in [0.3, 0.4) is 0 Å². The smallest absolute Gasteiger partial charge is 0.318 e. The van der Waals surface area contributed by atoms with E-state index in [4.69, 9.17) is 21.6 Å². The molecule has 0 radical (unpaired) electrons. The van der Waals surface area contributed by atoms with Crippen molar-refractivity contribution in [2.75, 3.05) is 5.73 Å². The summed E-state index contributed by atoms with van der Waals surface area (Å²) in [6, 6.07) is 9.18. The molecule has 0 aliphatic rings. The average molecular weight is 295 g/mol. The Bertz CT molecular complexity index is 660. The van der Waals surface area contributed by atoms with Gasteiger partial charge in [0.15, 0.2) is 5.96 Å². The molecular weight excluding hydrogens is 280 g/mol. The van der Waals surface area contributed by atoms with E-state index in [0.717, 1.165) is 11.1 Å². The van der Waals surface area contributed by atoms with Crippen LogP contribution in [0.2, 0.25) is 0 Å². The quantitative estimate of drug-likeness (QED) is 0.574. The van der Waals surface area contributed by atoms with Crippen molar-refractivity contribution >= 4 is 30.0 Å². The lowest BCUT2D eigenvalue weighted by molar-refractivity contribution is 0.0978. The molecule has 1 aromatic carbocycles. The molecule has 1 amide bonds. The minimum absolute atomic E-state index is 0. The number of benzene rings is 1. The van der Waals surface area contributed by atoms with E-state index in [1.54, 1.807) is 6.07 Å². The molecule has 0 aliphatic heterocycles. The summed E-state index contributed by atoms with van der Waals surface area (Å²) >= 11 is 0. The van der Waals surface area contributed by atoms with E-state index in [0.29, 0.717) is 5.76 Å². The lowest BCUT2D eigenvalue weighted by Crippen LogP contribution is -2.24. The standard InChI is InChI=1S/C13H14N4O2.ClH/c1-7-4-2-3-5-8(7)10-6-9(14)11(19-10)12(18)17-13(15)16;/h2-6H,14H2,1H3,(H4,15,16,17,18);1H. The number of anilines is 1. The van der Waals surface area contributed by atoms with Gasteiger partial charge in [-0.25, -0.2) is 0 Å². The van der Waals surface area contributed by atoms with E-state index in [2.05, 4.69) is 4.99 Å². The van der Waals surface area contributed by atoms with Gasteiger partial charge in [0.2, 0.25) is 5.76 Å². The van der Waals surface area contributed by atoms with Crippen LogP contribution in [0.15, 0.2) is 39.7 Å². The Balaban J connectivity index is 0.00000200. The van der Waals surface area contributed by atoms with E-state index in [1.165, 1.54) is 0 Å². The molecule has 0 unspecified atom stereocenters. The maximum atomic E-state index is 11.7. The zero-order valence-electron chi connectivity index (χ0n) is 10.8. The number of nitrogens with zero attached hydrogens (tertiary/aromatic N) is 1. The first-order chi connectivity index (χ1) is 8.99. The summed E-state index contributed by atoms with van der Waals surface area (Å²) in [4.78, 5) is 15.1. The van der Waals surface area contributed by atoms with Gasteiger partial charge in [0.05, 0.1) is 5.69 Å². The van der Waals surface area contributed by atoms with Gasteiger partial charge in [0.1, 0.15) is 5.76 Å². The second-order valence-electron chi connectivity index (χ2n) is 4.05. The molecule has 0 saturated heterocycles. The highest BCUT2D eigenvalue weighted by Crippen LogP contribution is 2.29. The van der Waals surface area contributed by atoms with Crippen molar-refractivity contribution in [1.29, 1.82) is 0 Å². The largest absolute Gasteiger partial charge is 0.449 e. The lowest BCUT2D eigenvalue weighted by Gasteiger charge is -2.00. The van der Waals surface area contributed by atoms with Crippen LogP contribution in [0.4, 0.5) is 5.69 Å². The van der Waals surface area contributed by atoms with Gasteiger partial charge >= 0.3 is 5.91 Å². The number of nitrogens with two attached hydrogens (primary N) is 3. The molecular formula is C13H15ClN4O2. The molecule has 0 atom stereocenters. The Morgan fingerprint density at radius 1 is 1.25 bits per heavy atom. The predicted octanol–water partition coefficient (Wildman–Crippen LogP) is 1.67. The molecule has 1 heterocycles. The highest BCUT2D eigenvalue weighted by molar-refractivity contribution is 6.03. The van der Waals surface area contributed by atoms with Crippen LogP contribution in [0.25, 0.3) is 11.3 Å². The Morgan fingerprint density at radius 3 is 2.50 bits per heavy atom. The summed E-state index contributed by atoms with van der Waals surface area (Å²) in [5.41, 5.74) is 18.1. The number of nitrogen functional groups attached to an aromatic ring is 1. The third-order valence-corrected chi connectivity index (χ3v) is 2.60. The number of rotatable bonds is 2. The van der Waals surface area contributed by atoms with Crippen LogP contribution in [0.5, 0.6) is 0 Å². The Labute approximate surface area is 122 Å². The van der Waals surface area contributed by atoms with E-state index >= 15 is 0 Å². The summed E-state index contributed by atoms with van der Waals surface area (Å²) in [6.07, 6.45) is 0. The van der Waals surface area contributed by atoms with Crippen LogP contribution >= 0.6 is 12.4 Å². The summed E-state index contributed by atoms with van der Waals surface area (Å²) in [7, 11) is 0. The molecule has 20 heavy (non-hydrogen) atoms. The highest BCUT2D eigenvalue weighted by Gasteiger charge is 2.17. The first-order valence-electron chi connectivity index (χ1n) is 5.58. The van der Waals surface area contributed by atoms with Gasteiger partial charge in [0, 0.05) is 11.6 Å². The van der Waals surface area contributed by atoms with Crippen molar-refractivity contribution in [2.45, 2.75) is 6.92 Å². The van der Waals surface area contributed by atoms with Crippen molar-refractivity contribution in [3.8, 4) is 11.3 Å². The number of amides is 1. The van der Waals surface area contributed by atoms with Crippen LogP contribution in [-0.2, 0) is 0 Å². The molecule has 0 fully saturated rings. The number of halogens is 1. The number of carbonyl (C=O) groups excluding carboxylic acids is 1. The second-order valence-corrected chi connectivity index (χ2v) is 4.05.